The van der Waals surface area contributed by atoms with Crippen LogP contribution < -0.4 is 14.4 Å². The standard InChI is InChI=1S/C32H37Cl2N3O5S/c1-3-29(32(39)35-24-13-6-4-7-14-24)36(21-23-12-10-11-17-27(23)33)31(38)22-37(25-18-19-30(42-2)28(34)20-25)43(40,41)26-15-8-5-9-16-26/h5,8-12,15-20,24,29H,3-4,6-7,13-14,21-22H2,1-2H3,(H,35,39)/t29-/m0/s1. The molecule has 4 rings (SSSR count). The van der Waals surface area contributed by atoms with Crippen LogP contribution >= 0.6 is 23.2 Å². The zero-order valence-corrected chi connectivity index (χ0v) is 26.7. The Kier molecular flexibility index (Phi) is 11.3. The lowest BCUT2D eigenvalue weighted by molar-refractivity contribution is -0.140. The average molecular weight is 647 g/mol. The summed E-state index contributed by atoms with van der Waals surface area (Å²) < 4.78 is 34.2. The van der Waals surface area contributed by atoms with Crippen LogP contribution in [0.25, 0.3) is 0 Å². The van der Waals surface area contributed by atoms with Crippen LogP contribution in [0, 0.1) is 0 Å². The van der Waals surface area contributed by atoms with Crippen LogP contribution in [0.3, 0.4) is 0 Å². The zero-order chi connectivity index (χ0) is 31.0. The number of rotatable bonds is 12. The summed E-state index contributed by atoms with van der Waals surface area (Å²) in [7, 11) is -2.76. The molecule has 0 radical (unpaired) electrons. The summed E-state index contributed by atoms with van der Waals surface area (Å²) >= 11 is 12.9. The number of hydrogen-bond donors (Lipinski definition) is 1. The zero-order valence-electron chi connectivity index (χ0n) is 24.3. The SMILES string of the molecule is CC[C@@H](C(=O)NC1CCCCC1)N(Cc1ccccc1Cl)C(=O)CN(c1ccc(OC)c(Cl)c1)S(=O)(=O)c1ccccc1. The van der Waals surface area contributed by atoms with Gasteiger partial charge in [-0.05, 0) is 61.2 Å². The molecule has 0 aromatic heterocycles. The molecule has 0 unspecified atom stereocenters. The van der Waals surface area contributed by atoms with Gasteiger partial charge in [-0.1, -0.05) is 85.8 Å². The molecule has 0 spiro atoms. The Hall–Kier alpha value is -3.27. The second kappa shape index (κ2) is 14.9. The summed E-state index contributed by atoms with van der Waals surface area (Å²) in [6.07, 6.45) is 5.34. The smallest absolute Gasteiger partial charge is 0.264 e. The van der Waals surface area contributed by atoms with Crippen LogP contribution in [0.1, 0.15) is 51.0 Å². The number of anilines is 1. The van der Waals surface area contributed by atoms with Crippen molar-refractivity contribution in [1.29, 1.82) is 0 Å². The van der Waals surface area contributed by atoms with Gasteiger partial charge in [0.1, 0.15) is 18.3 Å². The van der Waals surface area contributed by atoms with Gasteiger partial charge in [-0.3, -0.25) is 13.9 Å². The second-order valence-corrected chi connectivity index (χ2v) is 13.2. The number of nitrogens with one attached hydrogen (secondary N) is 1. The van der Waals surface area contributed by atoms with Gasteiger partial charge in [0, 0.05) is 17.6 Å². The van der Waals surface area contributed by atoms with E-state index in [9.17, 15) is 18.0 Å². The number of sulfonamides is 1. The van der Waals surface area contributed by atoms with Crippen molar-refractivity contribution in [1.82, 2.24) is 10.2 Å². The van der Waals surface area contributed by atoms with Crippen molar-refractivity contribution in [3.63, 3.8) is 0 Å². The van der Waals surface area contributed by atoms with Gasteiger partial charge in [0.25, 0.3) is 10.0 Å². The van der Waals surface area contributed by atoms with E-state index in [-0.39, 0.29) is 34.1 Å². The topological polar surface area (TPSA) is 96.0 Å². The van der Waals surface area contributed by atoms with Crippen LogP contribution in [0.2, 0.25) is 10.0 Å². The Morgan fingerprint density at radius 3 is 2.26 bits per heavy atom. The van der Waals surface area contributed by atoms with E-state index in [0.29, 0.717) is 22.8 Å². The Bertz CT molecular complexity index is 1510. The van der Waals surface area contributed by atoms with Crippen molar-refractivity contribution in [2.75, 3.05) is 18.0 Å². The largest absolute Gasteiger partial charge is 0.495 e. The van der Waals surface area contributed by atoms with Crippen molar-refractivity contribution >= 4 is 50.7 Å². The predicted molar refractivity (Wildman–Crippen MR) is 170 cm³/mol. The summed E-state index contributed by atoms with van der Waals surface area (Å²) in [5.74, 6) is -0.462. The Balaban J connectivity index is 1.73. The molecule has 43 heavy (non-hydrogen) atoms. The molecule has 0 bridgehead atoms. The molecule has 1 aliphatic carbocycles. The second-order valence-electron chi connectivity index (χ2n) is 10.5. The van der Waals surface area contributed by atoms with Crippen molar-refractivity contribution in [3.8, 4) is 5.75 Å². The molecule has 3 aromatic rings. The first-order valence-corrected chi connectivity index (χ1v) is 16.6. The minimum absolute atomic E-state index is 0.00878. The van der Waals surface area contributed by atoms with Crippen molar-refractivity contribution in [3.05, 3.63) is 88.4 Å². The minimum atomic E-state index is -4.22. The molecule has 2 amide bonds. The molecule has 1 atom stereocenters. The van der Waals surface area contributed by atoms with E-state index in [4.69, 9.17) is 27.9 Å². The Morgan fingerprint density at radius 1 is 0.953 bits per heavy atom. The lowest BCUT2D eigenvalue weighted by Gasteiger charge is -2.34. The molecule has 1 fully saturated rings. The first kappa shape index (κ1) is 32.6. The Morgan fingerprint density at radius 2 is 1.63 bits per heavy atom. The van der Waals surface area contributed by atoms with E-state index in [1.54, 1.807) is 48.5 Å². The average Bonchev–Trinajstić information content (AvgIpc) is 3.01. The minimum Gasteiger partial charge on any atom is -0.495 e. The van der Waals surface area contributed by atoms with Gasteiger partial charge in [-0.2, -0.15) is 0 Å². The molecule has 0 saturated heterocycles. The van der Waals surface area contributed by atoms with Gasteiger partial charge < -0.3 is 15.0 Å². The van der Waals surface area contributed by atoms with Crippen molar-refractivity contribution < 1.29 is 22.7 Å². The lowest BCUT2D eigenvalue weighted by atomic mass is 9.95. The molecule has 0 heterocycles. The maximum absolute atomic E-state index is 14.3. The molecule has 1 aliphatic rings. The van der Waals surface area contributed by atoms with Gasteiger partial charge in [-0.25, -0.2) is 8.42 Å². The molecule has 1 saturated carbocycles. The van der Waals surface area contributed by atoms with Gasteiger partial charge >= 0.3 is 0 Å². The number of carbonyl (C=O) groups excluding carboxylic acids is 2. The molecule has 0 aliphatic heterocycles. The van der Waals surface area contributed by atoms with E-state index in [1.807, 2.05) is 6.92 Å². The number of ether oxygens (including phenoxy) is 1. The summed E-state index contributed by atoms with van der Waals surface area (Å²) in [5, 5.41) is 3.77. The number of halogens is 2. The molecule has 230 valence electrons. The fraction of sp³-hybridized carbons (Fsp3) is 0.375. The quantitative estimate of drug-likeness (QED) is 0.244. The highest BCUT2D eigenvalue weighted by Gasteiger charge is 2.35. The van der Waals surface area contributed by atoms with E-state index in [1.165, 1.54) is 36.3 Å². The third-order valence-corrected chi connectivity index (χ3v) is 10.1. The fourth-order valence-electron chi connectivity index (χ4n) is 5.33. The van der Waals surface area contributed by atoms with Gasteiger partial charge in [-0.15, -0.1) is 0 Å². The van der Waals surface area contributed by atoms with Crippen LogP contribution in [-0.2, 0) is 26.2 Å². The van der Waals surface area contributed by atoms with Crippen LogP contribution in [0.5, 0.6) is 5.75 Å². The fourth-order valence-corrected chi connectivity index (χ4v) is 7.21. The van der Waals surface area contributed by atoms with Crippen LogP contribution in [0.15, 0.2) is 77.7 Å². The molecule has 11 heteroatoms. The van der Waals surface area contributed by atoms with Gasteiger partial charge in [0.05, 0.1) is 22.7 Å². The monoisotopic (exact) mass is 645 g/mol. The summed E-state index contributed by atoms with van der Waals surface area (Å²) in [5.41, 5.74) is 0.826. The number of nitrogens with zero attached hydrogens (tertiary/aromatic N) is 2. The van der Waals surface area contributed by atoms with Crippen LogP contribution in [-0.4, -0.2) is 50.9 Å². The molecule has 8 nitrogen and oxygen atoms in total. The van der Waals surface area contributed by atoms with Crippen molar-refractivity contribution in [2.24, 2.45) is 0 Å². The first-order chi connectivity index (χ1) is 20.6. The molecule has 3 aromatic carbocycles. The predicted octanol–water partition coefficient (Wildman–Crippen LogP) is 6.45. The van der Waals surface area contributed by atoms with Crippen LogP contribution in [0.4, 0.5) is 5.69 Å². The van der Waals surface area contributed by atoms with E-state index in [2.05, 4.69) is 5.32 Å². The maximum Gasteiger partial charge on any atom is 0.264 e. The molecule has 1 N–H and O–H groups in total. The summed E-state index contributed by atoms with van der Waals surface area (Å²) in [6.45, 7) is 1.29. The molecular weight excluding hydrogens is 609 g/mol. The third kappa shape index (κ3) is 8.02. The highest BCUT2D eigenvalue weighted by molar-refractivity contribution is 7.92. The maximum atomic E-state index is 14.3. The summed E-state index contributed by atoms with van der Waals surface area (Å²) in [4.78, 5) is 29.4. The lowest BCUT2D eigenvalue weighted by Crippen LogP contribution is -2.54. The highest BCUT2D eigenvalue weighted by atomic mass is 35.5. The third-order valence-electron chi connectivity index (χ3n) is 7.67. The van der Waals surface area contributed by atoms with E-state index >= 15 is 0 Å². The number of hydrogen-bond acceptors (Lipinski definition) is 5. The van der Waals surface area contributed by atoms with E-state index < -0.39 is 28.5 Å². The van der Waals surface area contributed by atoms with Crippen molar-refractivity contribution in [2.45, 2.75) is 69.0 Å². The van der Waals surface area contributed by atoms with Gasteiger partial charge in [0.15, 0.2) is 0 Å². The number of carbonyl (C=O) groups is 2. The van der Waals surface area contributed by atoms with Gasteiger partial charge in [0.2, 0.25) is 11.8 Å². The normalized spacial score (nSPS) is 14.5. The number of amides is 2. The molecular formula is C32H37Cl2N3O5S. The van der Waals surface area contributed by atoms with E-state index in [0.717, 1.165) is 36.4 Å². The summed E-state index contributed by atoms with van der Waals surface area (Å²) in [6, 6.07) is 18.7. The first-order valence-electron chi connectivity index (χ1n) is 14.4. The highest BCUT2D eigenvalue weighted by Crippen LogP contribution is 2.32. The number of benzene rings is 3. The Labute approximate surface area is 264 Å². The number of methoxy groups -OCH3 is 1.